The number of methoxy groups -OCH3 is 1. The molecular weight excluding hydrogens is 260 g/mol. The highest BCUT2D eigenvalue weighted by molar-refractivity contribution is 5.69. The van der Waals surface area contributed by atoms with Crippen LogP contribution in [-0.2, 0) is 9.53 Å². The molecule has 0 saturated heterocycles. The Kier molecular flexibility index (Phi) is 15.7. The fourth-order valence-electron chi connectivity index (χ4n) is 1.99. The molecule has 0 aliphatic heterocycles. The number of ether oxygens (including phenoxy) is 1. The van der Waals surface area contributed by atoms with Gasteiger partial charge in [-0.2, -0.15) is 0 Å². The third kappa shape index (κ3) is 16.6. The van der Waals surface area contributed by atoms with Crippen LogP contribution in [0.1, 0.15) is 71.1 Å². The molecule has 0 N–H and O–H groups in total. The van der Waals surface area contributed by atoms with Crippen molar-refractivity contribution in [2.24, 2.45) is 0 Å². The lowest BCUT2D eigenvalue weighted by Gasteiger charge is -1.98. The van der Waals surface area contributed by atoms with Gasteiger partial charge in [0.05, 0.1) is 7.11 Å². The van der Waals surface area contributed by atoms with Crippen LogP contribution in [0.25, 0.3) is 0 Å². The summed E-state index contributed by atoms with van der Waals surface area (Å²) in [7, 11) is 1.42. The number of unbranched alkanes of at least 4 members (excludes halogenated alkanes) is 6. The molecule has 2 nitrogen and oxygen atoms in total. The molecule has 120 valence electrons. The van der Waals surface area contributed by atoms with Gasteiger partial charge >= 0.3 is 5.97 Å². The zero-order chi connectivity index (χ0) is 15.6. The lowest BCUT2D eigenvalue weighted by Crippen LogP contribution is -1.97. The fraction of sp³-hybridized carbons (Fsp3) is 0.632. The average Bonchev–Trinajstić information content (AvgIpc) is 2.50. The van der Waals surface area contributed by atoms with Crippen molar-refractivity contribution in [3.63, 3.8) is 0 Å². The number of hydrogen-bond donors (Lipinski definition) is 0. The van der Waals surface area contributed by atoms with E-state index >= 15 is 0 Å². The number of allylic oxidation sites excluding steroid dienone is 6. The largest absolute Gasteiger partial charge is 0.469 e. The molecule has 0 radical (unpaired) electrons. The van der Waals surface area contributed by atoms with E-state index in [2.05, 4.69) is 36.0 Å². The van der Waals surface area contributed by atoms with Crippen LogP contribution in [0.5, 0.6) is 0 Å². The molecule has 0 aliphatic rings. The van der Waals surface area contributed by atoms with Crippen LogP contribution in [0.15, 0.2) is 36.5 Å². The third-order valence-electron chi connectivity index (χ3n) is 3.27. The molecule has 0 spiro atoms. The average molecular weight is 292 g/mol. The molecule has 21 heavy (non-hydrogen) atoms. The number of esters is 1. The molecule has 0 rings (SSSR count). The Hall–Kier alpha value is -1.31. The van der Waals surface area contributed by atoms with Gasteiger partial charge in [-0.05, 0) is 38.5 Å². The van der Waals surface area contributed by atoms with Gasteiger partial charge in [0.15, 0.2) is 0 Å². The smallest absolute Gasteiger partial charge is 0.305 e. The molecule has 0 aromatic rings. The summed E-state index contributed by atoms with van der Waals surface area (Å²) in [5.41, 5.74) is 0. The minimum atomic E-state index is -0.145. The standard InChI is InChI=1S/C19H32O2/c1-3-4-5-6-7-8-9-10-11-12-13-14-15-16-17-18-19(20)21-2/h4-5,13-16H,3,6-12,17-18H2,1-2H3/b5-4+,14-13+,16-15+. The Bertz CT molecular complexity index is 314. The normalized spacial score (nSPS) is 11.9. The maximum atomic E-state index is 10.9. The first-order valence-electron chi connectivity index (χ1n) is 8.34. The van der Waals surface area contributed by atoms with E-state index in [1.54, 1.807) is 0 Å². The van der Waals surface area contributed by atoms with Crippen LogP contribution in [-0.4, -0.2) is 13.1 Å². The van der Waals surface area contributed by atoms with Crippen LogP contribution < -0.4 is 0 Å². The van der Waals surface area contributed by atoms with Crippen molar-refractivity contribution in [2.45, 2.75) is 71.1 Å². The van der Waals surface area contributed by atoms with Gasteiger partial charge in [0.2, 0.25) is 0 Å². The van der Waals surface area contributed by atoms with E-state index in [4.69, 9.17) is 0 Å². The van der Waals surface area contributed by atoms with Gasteiger partial charge in [0.1, 0.15) is 0 Å². The van der Waals surface area contributed by atoms with Crippen LogP contribution in [0, 0.1) is 0 Å². The fourth-order valence-corrected chi connectivity index (χ4v) is 1.99. The lowest BCUT2D eigenvalue weighted by atomic mass is 10.1. The predicted molar refractivity (Wildman–Crippen MR) is 91.3 cm³/mol. The summed E-state index contributed by atoms with van der Waals surface area (Å²) in [5.74, 6) is -0.145. The monoisotopic (exact) mass is 292 g/mol. The molecule has 0 aromatic carbocycles. The van der Waals surface area contributed by atoms with Gasteiger partial charge < -0.3 is 4.74 Å². The van der Waals surface area contributed by atoms with Crippen LogP contribution in [0.3, 0.4) is 0 Å². The summed E-state index contributed by atoms with van der Waals surface area (Å²) in [5, 5.41) is 0. The van der Waals surface area contributed by atoms with Crippen molar-refractivity contribution >= 4 is 5.97 Å². The quantitative estimate of drug-likeness (QED) is 0.187. The summed E-state index contributed by atoms with van der Waals surface area (Å²) in [6.07, 6.45) is 24.3. The third-order valence-corrected chi connectivity index (χ3v) is 3.27. The van der Waals surface area contributed by atoms with Gasteiger partial charge in [-0.3, -0.25) is 4.79 Å². The van der Waals surface area contributed by atoms with Crippen LogP contribution >= 0.6 is 0 Å². The van der Waals surface area contributed by atoms with Gasteiger partial charge in [-0.15, -0.1) is 0 Å². The Morgan fingerprint density at radius 2 is 1.38 bits per heavy atom. The first-order valence-corrected chi connectivity index (χ1v) is 8.34. The van der Waals surface area contributed by atoms with Crippen molar-refractivity contribution < 1.29 is 9.53 Å². The molecule has 0 heterocycles. The van der Waals surface area contributed by atoms with E-state index < -0.39 is 0 Å². The van der Waals surface area contributed by atoms with Crippen molar-refractivity contribution in [1.29, 1.82) is 0 Å². The first-order chi connectivity index (χ1) is 10.3. The molecule has 0 aromatic heterocycles. The Labute approximate surface area is 131 Å². The summed E-state index contributed by atoms with van der Waals surface area (Å²) < 4.78 is 4.57. The summed E-state index contributed by atoms with van der Waals surface area (Å²) >= 11 is 0. The second kappa shape index (κ2) is 16.7. The van der Waals surface area contributed by atoms with Crippen molar-refractivity contribution in [3.05, 3.63) is 36.5 Å². The molecule has 0 atom stereocenters. The van der Waals surface area contributed by atoms with Gasteiger partial charge in [0.25, 0.3) is 0 Å². The van der Waals surface area contributed by atoms with E-state index in [-0.39, 0.29) is 5.97 Å². The van der Waals surface area contributed by atoms with Crippen molar-refractivity contribution in [2.75, 3.05) is 7.11 Å². The van der Waals surface area contributed by atoms with Crippen molar-refractivity contribution in [3.8, 4) is 0 Å². The van der Waals surface area contributed by atoms with E-state index in [1.807, 2.05) is 12.2 Å². The Balaban J connectivity index is 3.27. The molecule has 0 fully saturated rings. The summed E-state index contributed by atoms with van der Waals surface area (Å²) in [4.78, 5) is 10.9. The Morgan fingerprint density at radius 1 is 0.810 bits per heavy atom. The van der Waals surface area contributed by atoms with E-state index in [9.17, 15) is 4.79 Å². The van der Waals surface area contributed by atoms with Crippen LogP contribution in [0.4, 0.5) is 0 Å². The molecule has 0 amide bonds. The second-order valence-electron chi connectivity index (χ2n) is 5.20. The first kappa shape index (κ1) is 19.7. The zero-order valence-corrected chi connectivity index (χ0v) is 13.9. The summed E-state index contributed by atoms with van der Waals surface area (Å²) in [6, 6.07) is 0. The number of hydrogen-bond acceptors (Lipinski definition) is 2. The molecule has 2 heteroatoms. The van der Waals surface area contributed by atoms with Crippen molar-refractivity contribution in [1.82, 2.24) is 0 Å². The molecular formula is C19H32O2. The summed E-state index contributed by atoms with van der Waals surface area (Å²) in [6.45, 7) is 2.18. The van der Waals surface area contributed by atoms with Crippen LogP contribution in [0.2, 0.25) is 0 Å². The maximum absolute atomic E-state index is 10.9. The minimum Gasteiger partial charge on any atom is -0.469 e. The van der Waals surface area contributed by atoms with E-state index in [0.717, 1.165) is 19.3 Å². The zero-order valence-electron chi connectivity index (χ0n) is 13.9. The highest BCUT2D eigenvalue weighted by atomic mass is 16.5. The number of carbonyl (C=O) groups excluding carboxylic acids is 1. The molecule has 0 bridgehead atoms. The lowest BCUT2D eigenvalue weighted by molar-refractivity contribution is -0.140. The highest BCUT2D eigenvalue weighted by Crippen LogP contribution is 2.08. The number of carbonyl (C=O) groups is 1. The topological polar surface area (TPSA) is 26.3 Å². The predicted octanol–water partition coefficient (Wildman–Crippen LogP) is 5.75. The molecule has 0 unspecified atom stereocenters. The second-order valence-corrected chi connectivity index (χ2v) is 5.20. The highest BCUT2D eigenvalue weighted by Gasteiger charge is 1.94. The van der Waals surface area contributed by atoms with E-state index in [0.29, 0.717) is 6.42 Å². The number of rotatable bonds is 13. The Morgan fingerprint density at radius 3 is 2.00 bits per heavy atom. The van der Waals surface area contributed by atoms with Gasteiger partial charge in [0, 0.05) is 6.42 Å². The van der Waals surface area contributed by atoms with Gasteiger partial charge in [-0.1, -0.05) is 62.6 Å². The molecule has 0 saturated carbocycles. The van der Waals surface area contributed by atoms with Gasteiger partial charge in [-0.25, -0.2) is 0 Å². The molecule has 0 aliphatic carbocycles. The SMILES string of the molecule is CC/C=C/CCCCCCC/C=C/C=C/CCC(=O)OC. The minimum absolute atomic E-state index is 0.145. The van der Waals surface area contributed by atoms with E-state index in [1.165, 1.54) is 45.6 Å². The maximum Gasteiger partial charge on any atom is 0.305 e.